The molecule has 4 aromatic rings. The van der Waals surface area contributed by atoms with Gasteiger partial charge in [-0.3, -0.25) is 0 Å². The molecule has 0 fully saturated rings. The van der Waals surface area contributed by atoms with Crippen LogP contribution in [0.1, 0.15) is 10.7 Å². The fourth-order valence-corrected chi connectivity index (χ4v) is 3.42. The molecule has 0 unspecified atom stereocenters. The van der Waals surface area contributed by atoms with Crippen LogP contribution in [0.2, 0.25) is 0 Å². The summed E-state index contributed by atoms with van der Waals surface area (Å²) in [5.41, 5.74) is 2.40. The number of fused-ring (bicyclic) bond motifs is 1. The van der Waals surface area contributed by atoms with Crippen LogP contribution in [0.25, 0.3) is 21.5 Å². The largest absolute Gasteiger partial charge is 0.457 e. The fraction of sp³-hybridized carbons (Fsp3) is 0.150. The second kappa shape index (κ2) is 8.11. The zero-order valence-electron chi connectivity index (χ0n) is 14.3. The first-order valence-electron chi connectivity index (χ1n) is 8.37. The topological polar surface area (TPSA) is 74.5 Å². The van der Waals surface area contributed by atoms with E-state index in [-0.39, 0.29) is 19.8 Å². The highest BCUT2D eigenvalue weighted by molar-refractivity contribution is 7.18. The molecule has 6 nitrogen and oxygen atoms in total. The van der Waals surface area contributed by atoms with Crippen molar-refractivity contribution in [2.75, 3.05) is 6.61 Å². The molecule has 7 heteroatoms. The minimum atomic E-state index is -0.458. The molecule has 4 rings (SSSR count). The highest BCUT2D eigenvalue weighted by atomic mass is 32.1. The van der Waals surface area contributed by atoms with Gasteiger partial charge >= 0.3 is 5.97 Å². The number of para-hydroxylation sites is 1. The molecule has 2 heterocycles. The van der Waals surface area contributed by atoms with Crippen LogP contribution in [-0.4, -0.2) is 22.7 Å². The molecule has 0 atom stereocenters. The molecule has 0 N–H and O–H groups in total. The van der Waals surface area contributed by atoms with Crippen molar-refractivity contribution < 1.29 is 18.8 Å². The predicted molar refractivity (Wildman–Crippen MR) is 101 cm³/mol. The summed E-state index contributed by atoms with van der Waals surface area (Å²) in [6.07, 6.45) is 0. The summed E-state index contributed by atoms with van der Waals surface area (Å²) < 4.78 is 16.9. The van der Waals surface area contributed by atoms with Gasteiger partial charge in [0.2, 0.25) is 0 Å². The van der Waals surface area contributed by atoms with Crippen molar-refractivity contribution in [1.82, 2.24) is 10.1 Å². The van der Waals surface area contributed by atoms with Crippen molar-refractivity contribution in [2.45, 2.75) is 13.2 Å². The smallest absolute Gasteiger partial charge is 0.332 e. The number of hydrogen-bond acceptors (Lipinski definition) is 7. The van der Waals surface area contributed by atoms with E-state index in [0.29, 0.717) is 11.5 Å². The van der Waals surface area contributed by atoms with Crippen molar-refractivity contribution in [3.05, 3.63) is 71.4 Å². The van der Waals surface area contributed by atoms with Crippen molar-refractivity contribution in [2.24, 2.45) is 0 Å². The van der Waals surface area contributed by atoms with Gasteiger partial charge in [-0.15, -0.1) is 11.3 Å². The number of hydrogen-bond donors (Lipinski definition) is 0. The van der Waals surface area contributed by atoms with E-state index in [1.165, 1.54) is 0 Å². The van der Waals surface area contributed by atoms with E-state index in [4.69, 9.17) is 14.0 Å². The number of aromatic nitrogens is 2. The molecule has 0 radical (unpaired) electrons. The second-order valence-corrected chi connectivity index (χ2v) is 6.89. The van der Waals surface area contributed by atoms with Gasteiger partial charge in [0, 0.05) is 11.6 Å². The van der Waals surface area contributed by atoms with Crippen LogP contribution >= 0.6 is 11.3 Å². The molecule has 2 aromatic heterocycles. The molecular weight excluding hydrogens is 364 g/mol. The third kappa shape index (κ3) is 4.39. The summed E-state index contributed by atoms with van der Waals surface area (Å²) in [4.78, 5) is 16.3. The van der Waals surface area contributed by atoms with E-state index in [1.54, 1.807) is 17.4 Å². The number of benzene rings is 2. The Kier molecular flexibility index (Phi) is 5.22. The van der Waals surface area contributed by atoms with Crippen molar-refractivity contribution in [1.29, 1.82) is 0 Å². The van der Waals surface area contributed by atoms with Gasteiger partial charge in [0.15, 0.2) is 5.76 Å². The minimum absolute atomic E-state index is 0.0413. The summed E-state index contributed by atoms with van der Waals surface area (Å²) in [5, 5.41) is 4.74. The first-order chi connectivity index (χ1) is 13.3. The van der Waals surface area contributed by atoms with Crippen LogP contribution in [0.3, 0.4) is 0 Å². The lowest BCUT2D eigenvalue weighted by Crippen LogP contribution is -2.12. The van der Waals surface area contributed by atoms with Crippen LogP contribution in [0.4, 0.5) is 0 Å². The van der Waals surface area contributed by atoms with Crippen LogP contribution in [0.15, 0.2) is 65.2 Å². The molecular formula is C20H16N2O4S. The Morgan fingerprint density at radius 2 is 1.85 bits per heavy atom. The zero-order valence-corrected chi connectivity index (χ0v) is 15.1. The first-order valence-corrected chi connectivity index (χ1v) is 9.18. The van der Waals surface area contributed by atoms with E-state index < -0.39 is 5.97 Å². The number of ether oxygens (including phenoxy) is 2. The van der Waals surface area contributed by atoms with Crippen LogP contribution in [-0.2, 0) is 27.5 Å². The van der Waals surface area contributed by atoms with Gasteiger partial charge in [-0.05, 0) is 12.1 Å². The Balaban J connectivity index is 1.23. The van der Waals surface area contributed by atoms with Crippen LogP contribution < -0.4 is 0 Å². The molecule has 2 aromatic carbocycles. The van der Waals surface area contributed by atoms with Gasteiger partial charge < -0.3 is 14.0 Å². The van der Waals surface area contributed by atoms with E-state index in [2.05, 4.69) is 10.1 Å². The Morgan fingerprint density at radius 1 is 1.04 bits per heavy atom. The quantitative estimate of drug-likeness (QED) is 0.447. The van der Waals surface area contributed by atoms with Gasteiger partial charge in [0.05, 0.1) is 16.8 Å². The number of nitrogens with zero attached hydrogens (tertiary/aromatic N) is 2. The standard InChI is InChI=1S/C20H16N2O4S/c23-20(13-24-12-19-21-16-8-4-5-9-18(16)27-19)25-11-15-10-17(26-22-15)14-6-2-1-3-7-14/h1-10H,11-13H2. The zero-order chi connectivity index (χ0) is 18.5. The summed E-state index contributed by atoms with van der Waals surface area (Å²) >= 11 is 1.55. The summed E-state index contributed by atoms with van der Waals surface area (Å²) in [5.74, 6) is 0.175. The average Bonchev–Trinajstić information content (AvgIpc) is 3.34. The lowest BCUT2D eigenvalue weighted by atomic mass is 10.2. The maximum atomic E-state index is 11.8. The summed E-state index contributed by atoms with van der Waals surface area (Å²) in [6.45, 7) is 0.176. The monoisotopic (exact) mass is 380 g/mol. The molecule has 0 spiro atoms. The Bertz CT molecular complexity index is 1010. The SMILES string of the molecule is O=C(COCc1nc2ccccc2s1)OCc1cc(-c2ccccc2)on1. The third-order valence-electron chi connectivity index (χ3n) is 3.78. The van der Waals surface area contributed by atoms with Gasteiger partial charge in [0.1, 0.15) is 23.9 Å². The summed E-state index contributed by atoms with van der Waals surface area (Å²) in [6, 6.07) is 19.2. The van der Waals surface area contributed by atoms with Crippen molar-refractivity contribution in [3.8, 4) is 11.3 Å². The van der Waals surface area contributed by atoms with E-state index in [1.807, 2.05) is 54.6 Å². The van der Waals surface area contributed by atoms with Crippen LogP contribution in [0.5, 0.6) is 0 Å². The highest BCUT2D eigenvalue weighted by Gasteiger charge is 2.10. The van der Waals surface area contributed by atoms with Crippen molar-refractivity contribution >= 4 is 27.5 Å². The van der Waals surface area contributed by atoms with E-state index in [9.17, 15) is 4.79 Å². The fourth-order valence-electron chi connectivity index (χ4n) is 2.52. The lowest BCUT2D eigenvalue weighted by Gasteiger charge is -2.02. The van der Waals surface area contributed by atoms with Gasteiger partial charge in [0.25, 0.3) is 0 Å². The van der Waals surface area contributed by atoms with Crippen LogP contribution in [0, 0.1) is 0 Å². The Morgan fingerprint density at radius 3 is 2.70 bits per heavy atom. The third-order valence-corrected chi connectivity index (χ3v) is 4.79. The number of rotatable bonds is 7. The molecule has 0 amide bonds. The Labute approximate surface area is 159 Å². The predicted octanol–water partition coefficient (Wildman–Crippen LogP) is 4.21. The molecule has 0 saturated heterocycles. The molecule has 0 aliphatic rings. The number of thiazole rings is 1. The minimum Gasteiger partial charge on any atom is -0.457 e. The molecule has 0 bridgehead atoms. The molecule has 136 valence electrons. The van der Waals surface area contributed by atoms with Gasteiger partial charge in [-0.25, -0.2) is 9.78 Å². The maximum absolute atomic E-state index is 11.8. The number of esters is 1. The van der Waals surface area contributed by atoms with Crippen molar-refractivity contribution in [3.63, 3.8) is 0 Å². The number of carbonyl (C=O) groups excluding carboxylic acids is 1. The lowest BCUT2D eigenvalue weighted by molar-refractivity contribution is -0.150. The molecule has 27 heavy (non-hydrogen) atoms. The molecule has 0 saturated carbocycles. The second-order valence-electron chi connectivity index (χ2n) is 5.78. The van der Waals surface area contributed by atoms with E-state index >= 15 is 0 Å². The normalized spacial score (nSPS) is 11.0. The number of carbonyl (C=O) groups is 1. The highest BCUT2D eigenvalue weighted by Crippen LogP contribution is 2.22. The first kappa shape index (κ1) is 17.4. The summed E-state index contributed by atoms with van der Waals surface area (Å²) in [7, 11) is 0. The Hall–Kier alpha value is -3.03. The molecule has 0 aliphatic heterocycles. The maximum Gasteiger partial charge on any atom is 0.332 e. The van der Waals surface area contributed by atoms with Gasteiger partial charge in [-0.2, -0.15) is 0 Å². The van der Waals surface area contributed by atoms with E-state index in [0.717, 1.165) is 20.8 Å². The average molecular weight is 380 g/mol. The van der Waals surface area contributed by atoms with Gasteiger partial charge in [-0.1, -0.05) is 47.6 Å². The molecule has 0 aliphatic carbocycles.